The third-order valence-electron chi connectivity index (χ3n) is 4.66. The van der Waals surface area contributed by atoms with Crippen molar-refractivity contribution >= 4 is 52.1 Å². The minimum atomic E-state index is -0.496. The van der Waals surface area contributed by atoms with E-state index in [0.29, 0.717) is 27.8 Å². The highest BCUT2D eigenvalue weighted by atomic mass is 32.2. The molecule has 1 saturated heterocycles. The van der Waals surface area contributed by atoms with Gasteiger partial charge in [-0.25, -0.2) is 0 Å². The molecular formula is C24H23N3O4S2. The van der Waals surface area contributed by atoms with Gasteiger partial charge in [-0.15, -0.1) is 0 Å². The molecule has 7 nitrogen and oxygen atoms in total. The monoisotopic (exact) mass is 481 g/mol. The third-order valence-corrected chi connectivity index (χ3v) is 6.03. The van der Waals surface area contributed by atoms with Gasteiger partial charge in [0, 0.05) is 18.5 Å². The van der Waals surface area contributed by atoms with Crippen LogP contribution in [0, 0.1) is 0 Å². The van der Waals surface area contributed by atoms with Crippen molar-refractivity contribution in [2.75, 3.05) is 6.54 Å². The van der Waals surface area contributed by atoms with Crippen molar-refractivity contribution in [2.24, 2.45) is 0 Å². The molecule has 0 bridgehead atoms. The standard InChI is InChI=1S/C24H23N3O4S2/c1-16(14-17-6-3-2-4-7-17)15-20-23(31)27(24(32)33-20)13-5-8-21(29)25-26-22(30)18-9-11-19(28)12-10-18/h2-4,6-7,9-12,14-15,28H,5,8,13H2,1H3,(H,25,29)(H,26,30)/b16-14+,20-15-. The van der Waals surface area contributed by atoms with E-state index in [9.17, 15) is 19.5 Å². The lowest BCUT2D eigenvalue weighted by Gasteiger charge is -2.14. The van der Waals surface area contributed by atoms with Gasteiger partial charge < -0.3 is 5.11 Å². The van der Waals surface area contributed by atoms with Crippen LogP contribution < -0.4 is 10.9 Å². The zero-order valence-electron chi connectivity index (χ0n) is 17.9. The first-order valence-electron chi connectivity index (χ1n) is 10.2. The molecule has 2 aromatic rings. The summed E-state index contributed by atoms with van der Waals surface area (Å²) in [6, 6.07) is 15.5. The van der Waals surface area contributed by atoms with Gasteiger partial charge in [0.05, 0.1) is 4.91 Å². The molecule has 170 valence electrons. The predicted octanol–water partition coefficient (Wildman–Crippen LogP) is 3.78. The fourth-order valence-corrected chi connectivity index (χ4v) is 4.38. The number of phenols is 1. The number of rotatable bonds is 7. The number of allylic oxidation sites excluding steroid dienone is 2. The summed E-state index contributed by atoms with van der Waals surface area (Å²) in [4.78, 5) is 38.8. The van der Waals surface area contributed by atoms with Crippen LogP contribution in [-0.4, -0.2) is 38.6 Å². The minimum Gasteiger partial charge on any atom is -0.508 e. The number of benzene rings is 2. The number of hydrogen-bond donors (Lipinski definition) is 3. The molecule has 0 saturated carbocycles. The normalized spacial score (nSPS) is 15.1. The Morgan fingerprint density at radius 2 is 1.79 bits per heavy atom. The molecule has 0 aromatic heterocycles. The van der Waals surface area contributed by atoms with E-state index in [-0.39, 0.29) is 24.0 Å². The maximum absolute atomic E-state index is 12.7. The van der Waals surface area contributed by atoms with E-state index in [0.717, 1.165) is 11.1 Å². The first-order chi connectivity index (χ1) is 15.8. The number of thioether (sulfide) groups is 1. The molecule has 0 unspecified atom stereocenters. The highest BCUT2D eigenvalue weighted by Crippen LogP contribution is 2.32. The molecule has 1 aliphatic heterocycles. The summed E-state index contributed by atoms with van der Waals surface area (Å²) < 4.78 is 0.458. The average molecular weight is 482 g/mol. The van der Waals surface area contributed by atoms with Gasteiger partial charge in [0.25, 0.3) is 11.8 Å². The van der Waals surface area contributed by atoms with Crippen molar-refractivity contribution in [3.8, 4) is 5.75 Å². The number of thiocarbonyl (C=S) groups is 1. The van der Waals surface area contributed by atoms with Crippen molar-refractivity contribution in [3.63, 3.8) is 0 Å². The molecule has 3 rings (SSSR count). The Morgan fingerprint density at radius 1 is 1.09 bits per heavy atom. The Hall–Kier alpha value is -3.43. The van der Waals surface area contributed by atoms with Gasteiger partial charge in [-0.05, 0) is 54.8 Å². The van der Waals surface area contributed by atoms with E-state index in [1.807, 2.05) is 49.4 Å². The van der Waals surface area contributed by atoms with Crippen LogP contribution in [0.4, 0.5) is 0 Å². The van der Waals surface area contributed by atoms with Crippen molar-refractivity contribution < 1.29 is 19.5 Å². The van der Waals surface area contributed by atoms with Crippen LogP contribution >= 0.6 is 24.0 Å². The van der Waals surface area contributed by atoms with Crippen LogP contribution in [0.15, 0.2) is 71.2 Å². The Kier molecular flexibility index (Phi) is 8.39. The molecule has 3 N–H and O–H groups in total. The number of hydrazine groups is 1. The van der Waals surface area contributed by atoms with Gasteiger partial charge in [-0.3, -0.25) is 30.1 Å². The van der Waals surface area contributed by atoms with Crippen LogP contribution in [0.5, 0.6) is 5.75 Å². The lowest BCUT2D eigenvalue weighted by molar-refractivity contribution is -0.124. The fraction of sp³-hybridized carbons (Fsp3) is 0.167. The lowest BCUT2D eigenvalue weighted by atomic mass is 10.1. The Morgan fingerprint density at radius 3 is 2.48 bits per heavy atom. The molecule has 0 aliphatic carbocycles. The van der Waals surface area contributed by atoms with Crippen LogP contribution in [-0.2, 0) is 9.59 Å². The number of phenolic OH excluding ortho intramolecular Hbond substituents is 1. The number of nitrogens with zero attached hydrogens (tertiary/aromatic N) is 1. The lowest BCUT2D eigenvalue weighted by Crippen LogP contribution is -2.41. The number of amides is 3. The van der Waals surface area contributed by atoms with Crippen LogP contribution in [0.25, 0.3) is 6.08 Å². The second-order valence-electron chi connectivity index (χ2n) is 7.29. The van der Waals surface area contributed by atoms with Gasteiger partial charge in [0.1, 0.15) is 10.1 Å². The summed E-state index contributed by atoms with van der Waals surface area (Å²) in [6.45, 7) is 2.24. The topological polar surface area (TPSA) is 98.7 Å². The second kappa shape index (κ2) is 11.4. The van der Waals surface area contributed by atoms with Gasteiger partial charge in [0.2, 0.25) is 5.91 Å². The van der Waals surface area contributed by atoms with Gasteiger partial charge in [-0.2, -0.15) is 0 Å². The van der Waals surface area contributed by atoms with Crippen LogP contribution in [0.1, 0.15) is 35.7 Å². The average Bonchev–Trinajstić information content (AvgIpc) is 3.05. The van der Waals surface area contributed by atoms with E-state index in [1.165, 1.54) is 40.9 Å². The molecule has 0 spiro atoms. The molecule has 33 heavy (non-hydrogen) atoms. The van der Waals surface area contributed by atoms with Crippen molar-refractivity contribution in [3.05, 3.63) is 82.3 Å². The summed E-state index contributed by atoms with van der Waals surface area (Å²) in [5.74, 6) is -1.01. The zero-order valence-corrected chi connectivity index (χ0v) is 19.5. The maximum Gasteiger partial charge on any atom is 0.269 e. The van der Waals surface area contributed by atoms with Crippen molar-refractivity contribution in [1.29, 1.82) is 0 Å². The van der Waals surface area contributed by atoms with E-state index in [4.69, 9.17) is 12.2 Å². The molecule has 0 atom stereocenters. The molecule has 0 radical (unpaired) electrons. The number of nitrogens with one attached hydrogen (secondary N) is 2. The van der Waals surface area contributed by atoms with E-state index in [2.05, 4.69) is 10.9 Å². The quantitative estimate of drug-likeness (QED) is 0.316. The fourth-order valence-electron chi connectivity index (χ4n) is 3.03. The Bertz CT molecular complexity index is 1110. The highest BCUT2D eigenvalue weighted by Gasteiger charge is 2.31. The van der Waals surface area contributed by atoms with E-state index >= 15 is 0 Å². The molecule has 1 heterocycles. The molecular weight excluding hydrogens is 458 g/mol. The van der Waals surface area contributed by atoms with E-state index in [1.54, 1.807) is 0 Å². The summed E-state index contributed by atoms with van der Waals surface area (Å²) in [5, 5.41) is 9.25. The zero-order chi connectivity index (χ0) is 23.8. The minimum absolute atomic E-state index is 0.0449. The molecule has 3 amide bonds. The number of aromatic hydroxyl groups is 1. The maximum atomic E-state index is 12.7. The van der Waals surface area contributed by atoms with Crippen LogP contribution in [0.2, 0.25) is 0 Å². The van der Waals surface area contributed by atoms with Gasteiger partial charge in [-0.1, -0.05) is 60.4 Å². The first kappa shape index (κ1) is 24.2. The Balaban J connectivity index is 1.46. The molecule has 1 aliphatic rings. The Labute approximate surface area is 201 Å². The summed E-state index contributed by atoms with van der Waals surface area (Å²) in [7, 11) is 0. The molecule has 2 aromatic carbocycles. The largest absolute Gasteiger partial charge is 0.508 e. The summed E-state index contributed by atoms with van der Waals surface area (Å²) in [5.41, 5.74) is 6.94. The summed E-state index contributed by atoms with van der Waals surface area (Å²) >= 11 is 6.58. The number of hydrogen-bond acceptors (Lipinski definition) is 6. The van der Waals surface area contributed by atoms with Crippen LogP contribution in [0.3, 0.4) is 0 Å². The van der Waals surface area contributed by atoms with Gasteiger partial charge in [0.15, 0.2) is 0 Å². The number of carbonyl (C=O) groups is 3. The van der Waals surface area contributed by atoms with Crippen molar-refractivity contribution in [2.45, 2.75) is 19.8 Å². The number of carbonyl (C=O) groups excluding carboxylic acids is 3. The smallest absolute Gasteiger partial charge is 0.269 e. The molecule has 1 fully saturated rings. The molecule has 9 heteroatoms. The highest BCUT2D eigenvalue weighted by molar-refractivity contribution is 8.26. The second-order valence-corrected chi connectivity index (χ2v) is 8.96. The predicted molar refractivity (Wildman–Crippen MR) is 133 cm³/mol. The first-order valence-corrected chi connectivity index (χ1v) is 11.4. The SMILES string of the molecule is CC(/C=C1\SC(=S)N(CCCC(=O)NNC(=O)c2ccc(O)cc2)C1=O)=C\c1ccccc1. The summed E-state index contributed by atoms with van der Waals surface area (Å²) in [6.07, 6.45) is 4.31. The van der Waals surface area contributed by atoms with E-state index < -0.39 is 5.91 Å². The third kappa shape index (κ3) is 7.03. The van der Waals surface area contributed by atoms with Gasteiger partial charge >= 0.3 is 0 Å². The van der Waals surface area contributed by atoms with Crippen molar-refractivity contribution in [1.82, 2.24) is 15.8 Å².